The maximum Gasteiger partial charge on any atom is 0.472 e. The highest BCUT2D eigenvalue weighted by Gasteiger charge is 2.30. The predicted molar refractivity (Wildman–Crippen MR) is 437 cm³/mol. The molecule has 0 aliphatic heterocycles. The van der Waals surface area contributed by atoms with Crippen molar-refractivity contribution in [2.24, 2.45) is 5.92 Å². The fraction of sp³-hybridized carbons (Fsp3) is 0.954. The topological polar surface area (TPSA) is 237 Å². The number of rotatable bonds is 87. The van der Waals surface area contributed by atoms with Crippen LogP contribution in [0.2, 0.25) is 0 Å². The molecule has 0 saturated heterocycles. The molecule has 6 atom stereocenters. The van der Waals surface area contributed by atoms with E-state index < -0.39 is 97.5 Å². The second-order valence-corrected chi connectivity index (χ2v) is 34.4. The Bertz CT molecular complexity index is 2020. The van der Waals surface area contributed by atoms with Crippen LogP contribution in [0.1, 0.15) is 471 Å². The van der Waals surface area contributed by atoms with Crippen molar-refractivity contribution < 1.29 is 80.2 Å². The largest absolute Gasteiger partial charge is 0.472 e. The van der Waals surface area contributed by atoms with Gasteiger partial charge in [0, 0.05) is 25.7 Å². The van der Waals surface area contributed by atoms with Crippen LogP contribution >= 0.6 is 15.6 Å². The third-order valence-corrected chi connectivity index (χ3v) is 22.8. The van der Waals surface area contributed by atoms with Crippen LogP contribution in [0.5, 0.6) is 0 Å². The van der Waals surface area contributed by atoms with Gasteiger partial charge in [0.05, 0.1) is 26.4 Å². The monoisotopic (exact) mass is 1550 g/mol. The number of unbranched alkanes of at least 4 members (excludes halogenated alkanes) is 58. The van der Waals surface area contributed by atoms with Crippen molar-refractivity contribution in [2.45, 2.75) is 490 Å². The van der Waals surface area contributed by atoms with Gasteiger partial charge in [0.1, 0.15) is 19.3 Å². The van der Waals surface area contributed by atoms with Crippen molar-refractivity contribution in [3.63, 3.8) is 0 Å². The average molecular weight is 1550 g/mol. The van der Waals surface area contributed by atoms with E-state index in [0.717, 1.165) is 95.8 Å². The number of phosphoric ester groups is 2. The zero-order valence-electron chi connectivity index (χ0n) is 69.6. The summed E-state index contributed by atoms with van der Waals surface area (Å²) in [4.78, 5) is 73.3. The third kappa shape index (κ3) is 78.7. The fourth-order valence-electron chi connectivity index (χ4n) is 13.6. The van der Waals surface area contributed by atoms with E-state index in [4.69, 9.17) is 37.0 Å². The zero-order valence-corrected chi connectivity index (χ0v) is 71.4. The van der Waals surface area contributed by atoms with E-state index in [2.05, 4.69) is 34.6 Å². The van der Waals surface area contributed by atoms with Crippen molar-refractivity contribution in [1.29, 1.82) is 0 Å². The molecular formula is C87H170O17P2. The molecule has 0 aromatic heterocycles. The minimum Gasteiger partial charge on any atom is -0.462 e. The maximum atomic E-state index is 13.2. The summed E-state index contributed by atoms with van der Waals surface area (Å²) < 4.78 is 69.0. The van der Waals surface area contributed by atoms with E-state index in [-0.39, 0.29) is 25.7 Å². The lowest BCUT2D eigenvalue weighted by molar-refractivity contribution is -0.161. The minimum atomic E-state index is -4.97. The molecule has 0 radical (unpaired) electrons. The third-order valence-electron chi connectivity index (χ3n) is 20.9. The van der Waals surface area contributed by atoms with Gasteiger partial charge in [-0.1, -0.05) is 420 Å². The molecule has 3 N–H and O–H groups in total. The van der Waals surface area contributed by atoms with Crippen molar-refractivity contribution in [1.82, 2.24) is 0 Å². The molecule has 3 unspecified atom stereocenters. The highest BCUT2D eigenvalue weighted by molar-refractivity contribution is 7.47. The standard InChI is InChI=1S/C87H170O17P2/c1-6-10-13-16-19-22-25-28-31-34-36-38-41-43-46-49-55-60-65-70-84(89)97-76-82(103-86(91)73-68-63-58-51-48-45-42-39-37-35-32-29-26-23-20-17-14-11-7-2)78-101-105(93,94)99-74-81(88)75-100-106(95,96)102-79-83(77-98-85(90)71-66-61-56-53-52-54-59-64-69-80(5)9-4)104-87(92)72-67-62-57-50-47-44-40-33-30-27-24-21-18-15-12-8-3/h80-83,88H,6-79H2,1-5H3,(H,93,94)(H,95,96)/t80?,81-,82-,83-/m1/s1. The number of hydrogen-bond acceptors (Lipinski definition) is 15. The highest BCUT2D eigenvalue weighted by atomic mass is 31.2. The summed E-state index contributed by atoms with van der Waals surface area (Å²) in [6, 6.07) is 0. The van der Waals surface area contributed by atoms with E-state index in [1.807, 2.05) is 0 Å². The molecule has 106 heavy (non-hydrogen) atoms. The number of carbonyl (C=O) groups excluding carboxylic acids is 4. The second kappa shape index (κ2) is 79.7. The summed E-state index contributed by atoms with van der Waals surface area (Å²) in [6.45, 7) is 7.38. The molecule has 630 valence electrons. The van der Waals surface area contributed by atoms with E-state index in [1.54, 1.807) is 0 Å². The first-order valence-corrected chi connectivity index (χ1v) is 48.2. The van der Waals surface area contributed by atoms with Gasteiger partial charge >= 0.3 is 39.5 Å². The molecule has 0 aromatic rings. The summed E-state index contributed by atoms with van der Waals surface area (Å²) in [5, 5.41) is 10.7. The SMILES string of the molecule is CCCCCCCCCCCCCCCCCCCCCC(=O)OC[C@H](COP(=O)(O)OC[C@@H](O)COP(=O)(O)OC[C@@H](COC(=O)CCCCCCCCCCC(C)CC)OC(=O)CCCCCCCCCCCCCCCCCC)OC(=O)CCCCCCCCCCCCCCCCCCCCC. The number of aliphatic hydroxyl groups is 1. The molecule has 0 fully saturated rings. The van der Waals surface area contributed by atoms with Crippen LogP contribution in [-0.4, -0.2) is 96.7 Å². The number of esters is 4. The van der Waals surface area contributed by atoms with Gasteiger partial charge in [-0.3, -0.25) is 37.3 Å². The molecule has 0 aliphatic carbocycles. The first kappa shape index (κ1) is 104. The van der Waals surface area contributed by atoms with E-state index in [1.165, 1.54) is 295 Å². The molecule has 17 nitrogen and oxygen atoms in total. The average Bonchev–Trinajstić information content (AvgIpc) is 0.922. The number of hydrogen-bond donors (Lipinski definition) is 3. The van der Waals surface area contributed by atoms with Gasteiger partial charge in [-0.05, 0) is 31.6 Å². The Morgan fingerprint density at radius 1 is 0.264 bits per heavy atom. The molecule has 0 aromatic carbocycles. The van der Waals surface area contributed by atoms with Crippen molar-refractivity contribution in [3.8, 4) is 0 Å². The lowest BCUT2D eigenvalue weighted by Crippen LogP contribution is -2.30. The second-order valence-electron chi connectivity index (χ2n) is 31.5. The quantitative estimate of drug-likeness (QED) is 0.0222. The molecule has 0 heterocycles. The van der Waals surface area contributed by atoms with Crippen LogP contribution in [0.3, 0.4) is 0 Å². The van der Waals surface area contributed by atoms with Gasteiger partial charge in [-0.25, -0.2) is 9.13 Å². The minimum absolute atomic E-state index is 0.108. The molecule has 0 bridgehead atoms. The first-order valence-electron chi connectivity index (χ1n) is 45.2. The maximum absolute atomic E-state index is 13.2. The Balaban J connectivity index is 5.25. The van der Waals surface area contributed by atoms with E-state index >= 15 is 0 Å². The normalized spacial score (nSPS) is 14.0. The van der Waals surface area contributed by atoms with Crippen molar-refractivity contribution >= 4 is 39.5 Å². The predicted octanol–water partition coefficient (Wildman–Crippen LogP) is 26.8. The number of phosphoric acid groups is 2. The van der Waals surface area contributed by atoms with Crippen LogP contribution in [0.4, 0.5) is 0 Å². The van der Waals surface area contributed by atoms with Crippen LogP contribution in [0, 0.1) is 5.92 Å². The molecule has 0 rings (SSSR count). The van der Waals surface area contributed by atoms with E-state index in [0.29, 0.717) is 25.7 Å². The summed E-state index contributed by atoms with van der Waals surface area (Å²) in [5.74, 6) is -1.32. The van der Waals surface area contributed by atoms with Crippen molar-refractivity contribution in [3.05, 3.63) is 0 Å². The van der Waals surface area contributed by atoms with Crippen molar-refractivity contribution in [2.75, 3.05) is 39.6 Å². The molecule has 0 saturated carbocycles. The number of carbonyl (C=O) groups is 4. The number of ether oxygens (including phenoxy) is 4. The van der Waals surface area contributed by atoms with Crippen LogP contribution in [0.25, 0.3) is 0 Å². The van der Waals surface area contributed by atoms with Gasteiger partial charge in [0.25, 0.3) is 0 Å². The lowest BCUT2D eigenvalue weighted by atomic mass is 9.99. The van der Waals surface area contributed by atoms with Gasteiger partial charge in [0.15, 0.2) is 12.2 Å². The smallest absolute Gasteiger partial charge is 0.462 e. The van der Waals surface area contributed by atoms with Gasteiger partial charge < -0.3 is 33.8 Å². The summed E-state index contributed by atoms with van der Waals surface area (Å²) >= 11 is 0. The van der Waals surface area contributed by atoms with Crippen LogP contribution in [0.15, 0.2) is 0 Å². The first-order chi connectivity index (χ1) is 51.6. The molecule has 0 aliphatic rings. The molecule has 0 spiro atoms. The number of aliphatic hydroxyl groups excluding tert-OH is 1. The molecular weight excluding hydrogens is 1380 g/mol. The Labute approximate surface area is 651 Å². The summed E-state index contributed by atoms with van der Waals surface area (Å²) in [6.07, 6.45) is 73.5. The lowest BCUT2D eigenvalue weighted by Gasteiger charge is -2.21. The fourth-order valence-corrected chi connectivity index (χ4v) is 15.2. The Morgan fingerprint density at radius 3 is 0.670 bits per heavy atom. The molecule has 19 heteroatoms. The van der Waals surface area contributed by atoms with Gasteiger partial charge in [-0.15, -0.1) is 0 Å². The summed E-state index contributed by atoms with van der Waals surface area (Å²) in [5.41, 5.74) is 0. The molecule has 0 amide bonds. The Morgan fingerprint density at radius 2 is 0.453 bits per heavy atom. The van der Waals surface area contributed by atoms with Gasteiger partial charge in [-0.2, -0.15) is 0 Å². The van der Waals surface area contributed by atoms with Crippen LogP contribution in [-0.2, 0) is 65.4 Å². The highest BCUT2D eigenvalue weighted by Crippen LogP contribution is 2.45. The summed E-state index contributed by atoms with van der Waals surface area (Å²) in [7, 11) is -9.93. The van der Waals surface area contributed by atoms with Crippen LogP contribution < -0.4 is 0 Å². The zero-order chi connectivity index (χ0) is 77.6. The van der Waals surface area contributed by atoms with E-state index in [9.17, 15) is 43.2 Å². The Kier molecular flexibility index (Phi) is 78.2. The Hall–Kier alpha value is -1.94. The van der Waals surface area contributed by atoms with Gasteiger partial charge in [0.2, 0.25) is 0 Å².